The zero-order chi connectivity index (χ0) is 17.6. The molecule has 1 fully saturated rings. The van der Waals surface area contributed by atoms with Crippen molar-refractivity contribution in [1.82, 2.24) is 24.6 Å². The van der Waals surface area contributed by atoms with E-state index in [9.17, 15) is 9.18 Å². The third-order valence-electron chi connectivity index (χ3n) is 4.63. The molecule has 1 atom stereocenters. The minimum atomic E-state index is -0.260. The molecule has 0 spiro atoms. The second-order valence-corrected chi connectivity index (χ2v) is 6.74. The van der Waals surface area contributed by atoms with Crippen LogP contribution in [-0.2, 0) is 17.9 Å². The van der Waals surface area contributed by atoms with E-state index in [-0.39, 0.29) is 11.7 Å². The summed E-state index contributed by atoms with van der Waals surface area (Å²) in [7, 11) is 1.79. The number of hydrogen-bond donors (Lipinski definition) is 0. The van der Waals surface area contributed by atoms with E-state index in [1.54, 1.807) is 36.7 Å². The quantitative estimate of drug-likeness (QED) is 0.801. The second kappa shape index (κ2) is 8.20. The number of benzene rings is 1. The molecule has 2 aromatic rings. The van der Waals surface area contributed by atoms with Gasteiger partial charge in [-0.15, -0.1) is 0 Å². The smallest absolute Gasteiger partial charge is 0.236 e. The van der Waals surface area contributed by atoms with Crippen molar-refractivity contribution in [3.8, 4) is 0 Å². The van der Waals surface area contributed by atoms with Gasteiger partial charge in [-0.25, -0.2) is 9.37 Å². The Hall–Kier alpha value is -2.28. The van der Waals surface area contributed by atoms with Crippen molar-refractivity contribution >= 4 is 5.91 Å². The van der Waals surface area contributed by atoms with Crippen LogP contribution in [-0.4, -0.2) is 57.2 Å². The van der Waals surface area contributed by atoms with Crippen LogP contribution in [0.2, 0.25) is 0 Å². The highest BCUT2D eigenvalue weighted by Crippen LogP contribution is 2.18. The number of halogens is 1. The van der Waals surface area contributed by atoms with Crippen molar-refractivity contribution in [1.29, 1.82) is 0 Å². The van der Waals surface area contributed by atoms with Crippen LogP contribution in [0.15, 0.2) is 36.9 Å². The molecule has 6 nitrogen and oxygen atoms in total. The molecular weight excluding hydrogens is 321 g/mol. The van der Waals surface area contributed by atoms with Gasteiger partial charge in [0, 0.05) is 26.7 Å². The number of rotatable bonds is 6. The number of likely N-dealkylation sites (tertiary alicyclic amines) is 1. The van der Waals surface area contributed by atoms with Gasteiger partial charge in [0.15, 0.2) is 0 Å². The second-order valence-electron chi connectivity index (χ2n) is 6.74. The summed E-state index contributed by atoms with van der Waals surface area (Å²) in [5, 5.41) is 4.16. The molecule has 1 aliphatic rings. The largest absolute Gasteiger partial charge is 0.340 e. The predicted octanol–water partition coefficient (Wildman–Crippen LogP) is 1.79. The Morgan fingerprint density at radius 2 is 2.16 bits per heavy atom. The standard InChI is InChI=1S/C18H24FN5O/c1-22(9-15-4-6-17(19)7-5-15)18(25)12-23-8-2-3-16(10-23)11-24-14-20-13-21-24/h4-7,13-14,16H,2-3,8-12H2,1H3. The normalized spacial score (nSPS) is 18.2. The van der Waals surface area contributed by atoms with Crippen molar-refractivity contribution in [3.63, 3.8) is 0 Å². The number of aromatic nitrogens is 3. The number of carbonyl (C=O) groups is 1. The summed E-state index contributed by atoms with van der Waals surface area (Å²) in [6, 6.07) is 6.28. The van der Waals surface area contributed by atoms with Crippen LogP contribution in [0.5, 0.6) is 0 Å². The Bertz CT molecular complexity index is 673. The highest BCUT2D eigenvalue weighted by molar-refractivity contribution is 5.78. The Balaban J connectivity index is 1.48. The molecule has 2 heterocycles. The molecule has 0 N–H and O–H groups in total. The van der Waals surface area contributed by atoms with E-state index in [1.807, 2.05) is 4.68 Å². The van der Waals surface area contributed by atoms with Gasteiger partial charge in [-0.2, -0.15) is 5.10 Å². The van der Waals surface area contributed by atoms with Crippen LogP contribution in [0.1, 0.15) is 18.4 Å². The minimum Gasteiger partial charge on any atom is -0.340 e. The molecule has 25 heavy (non-hydrogen) atoms. The first-order valence-electron chi connectivity index (χ1n) is 8.63. The minimum absolute atomic E-state index is 0.0886. The van der Waals surface area contributed by atoms with Crippen molar-refractivity contribution in [2.24, 2.45) is 5.92 Å². The van der Waals surface area contributed by atoms with Crippen LogP contribution < -0.4 is 0 Å². The van der Waals surface area contributed by atoms with Gasteiger partial charge in [-0.3, -0.25) is 14.4 Å². The fourth-order valence-corrected chi connectivity index (χ4v) is 3.30. The van der Waals surface area contributed by atoms with Gasteiger partial charge in [0.05, 0.1) is 6.54 Å². The van der Waals surface area contributed by atoms with E-state index in [4.69, 9.17) is 0 Å². The lowest BCUT2D eigenvalue weighted by molar-refractivity contribution is -0.132. The van der Waals surface area contributed by atoms with Gasteiger partial charge in [0.1, 0.15) is 18.5 Å². The average molecular weight is 345 g/mol. The zero-order valence-corrected chi connectivity index (χ0v) is 14.5. The number of carbonyl (C=O) groups excluding carboxylic acids is 1. The first-order chi connectivity index (χ1) is 12.1. The Morgan fingerprint density at radius 3 is 2.88 bits per heavy atom. The molecule has 1 saturated heterocycles. The lowest BCUT2D eigenvalue weighted by Crippen LogP contribution is -2.43. The van der Waals surface area contributed by atoms with Gasteiger partial charge in [0.25, 0.3) is 0 Å². The molecule has 1 aromatic heterocycles. The van der Waals surface area contributed by atoms with Crippen molar-refractivity contribution < 1.29 is 9.18 Å². The molecule has 1 aromatic carbocycles. The third kappa shape index (κ3) is 5.09. The molecule has 1 unspecified atom stereocenters. The van der Waals surface area contributed by atoms with E-state index in [1.165, 1.54) is 12.1 Å². The number of amides is 1. The van der Waals surface area contributed by atoms with Gasteiger partial charge >= 0.3 is 0 Å². The fourth-order valence-electron chi connectivity index (χ4n) is 3.30. The monoisotopic (exact) mass is 345 g/mol. The summed E-state index contributed by atoms with van der Waals surface area (Å²) in [4.78, 5) is 20.4. The van der Waals surface area contributed by atoms with Crippen LogP contribution in [0.3, 0.4) is 0 Å². The highest BCUT2D eigenvalue weighted by atomic mass is 19.1. The van der Waals surface area contributed by atoms with E-state index < -0.39 is 0 Å². The first kappa shape index (κ1) is 17.5. The van der Waals surface area contributed by atoms with Gasteiger partial charge < -0.3 is 4.90 Å². The molecule has 7 heteroatoms. The lowest BCUT2D eigenvalue weighted by Gasteiger charge is -2.33. The SMILES string of the molecule is CN(Cc1ccc(F)cc1)C(=O)CN1CCCC(Cn2cncn2)C1. The number of likely N-dealkylation sites (N-methyl/N-ethyl adjacent to an activating group) is 1. The summed E-state index contributed by atoms with van der Waals surface area (Å²) >= 11 is 0. The maximum absolute atomic E-state index is 13.0. The van der Waals surface area contributed by atoms with Crippen LogP contribution in [0, 0.1) is 11.7 Å². The number of nitrogens with zero attached hydrogens (tertiary/aromatic N) is 5. The Morgan fingerprint density at radius 1 is 1.36 bits per heavy atom. The van der Waals surface area contributed by atoms with Crippen LogP contribution in [0.25, 0.3) is 0 Å². The summed E-state index contributed by atoms with van der Waals surface area (Å²) < 4.78 is 14.8. The topological polar surface area (TPSA) is 54.3 Å². The average Bonchev–Trinajstić information content (AvgIpc) is 3.10. The molecule has 1 aliphatic heterocycles. The van der Waals surface area contributed by atoms with Gasteiger partial charge in [0.2, 0.25) is 5.91 Å². The first-order valence-corrected chi connectivity index (χ1v) is 8.63. The van der Waals surface area contributed by atoms with Crippen molar-refractivity contribution in [2.75, 3.05) is 26.7 Å². The lowest BCUT2D eigenvalue weighted by atomic mass is 9.98. The molecule has 0 aliphatic carbocycles. The molecule has 3 rings (SSSR count). The van der Waals surface area contributed by atoms with Gasteiger partial charge in [-0.05, 0) is 43.0 Å². The molecule has 134 valence electrons. The van der Waals surface area contributed by atoms with Gasteiger partial charge in [-0.1, -0.05) is 12.1 Å². The van der Waals surface area contributed by atoms with E-state index in [0.717, 1.165) is 38.0 Å². The number of hydrogen-bond acceptors (Lipinski definition) is 4. The van der Waals surface area contributed by atoms with Crippen LogP contribution in [0.4, 0.5) is 4.39 Å². The maximum atomic E-state index is 13.0. The van der Waals surface area contributed by atoms with Crippen LogP contribution >= 0.6 is 0 Å². The van der Waals surface area contributed by atoms with E-state index in [2.05, 4.69) is 15.0 Å². The molecule has 0 bridgehead atoms. The molecule has 1 amide bonds. The fraction of sp³-hybridized carbons (Fsp3) is 0.500. The Kier molecular flexibility index (Phi) is 5.75. The molecule has 0 saturated carbocycles. The van der Waals surface area contributed by atoms with Crippen molar-refractivity contribution in [2.45, 2.75) is 25.9 Å². The predicted molar refractivity (Wildman–Crippen MR) is 92.1 cm³/mol. The van der Waals surface area contributed by atoms with Crippen molar-refractivity contribution in [3.05, 3.63) is 48.3 Å². The zero-order valence-electron chi connectivity index (χ0n) is 14.5. The maximum Gasteiger partial charge on any atom is 0.236 e. The van der Waals surface area contributed by atoms with E-state index >= 15 is 0 Å². The number of piperidine rings is 1. The third-order valence-corrected chi connectivity index (χ3v) is 4.63. The highest BCUT2D eigenvalue weighted by Gasteiger charge is 2.23. The molecule has 0 radical (unpaired) electrons. The Labute approximate surface area is 147 Å². The summed E-state index contributed by atoms with van der Waals surface area (Å²) in [6.45, 7) is 3.61. The summed E-state index contributed by atoms with van der Waals surface area (Å²) in [5.41, 5.74) is 0.931. The summed E-state index contributed by atoms with van der Waals surface area (Å²) in [6.07, 6.45) is 5.53. The van der Waals surface area contributed by atoms with E-state index in [0.29, 0.717) is 19.0 Å². The summed E-state index contributed by atoms with van der Waals surface area (Å²) in [5.74, 6) is 0.320. The molecular formula is C18H24FN5O.